The Morgan fingerprint density at radius 1 is 1.10 bits per heavy atom. The van der Waals surface area contributed by atoms with E-state index in [2.05, 4.69) is 15.4 Å². The molecule has 2 N–H and O–H groups in total. The average Bonchev–Trinajstić information content (AvgIpc) is 3.43. The lowest BCUT2D eigenvalue weighted by molar-refractivity contribution is -0.274. The van der Waals surface area contributed by atoms with E-state index in [1.807, 2.05) is 0 Å². The van der Waals surface area contributed by atoms with Crippen LogP contribution in [0.4, 0.5) is 13.2 Å². The fourth-order valence-corrected chi connectivity index (χ4v) is 3.41. The van der Waals surface area contributed by atoms with Crippen LogP contribution in [0.3, 0.4) is 0 Å². The molecular formula is C20H21F3N2O4. The van der Waals surface area contributed by atoms with Crippen LogP contribution in [0.1, 0.15) is 38.2 Å². The Hall–Kier alpha value is -2.97. The van der Waals surface area contributed by atoms with Crippen LogP contribution >= 0.6 is 0 Å². The SMILES string of the molecule is COC(=O)C1=C(C)NC(C)=C(C(=O)NC2CC2)C1c1ccccc1OC(F)(F)F. The summed E-state index contributed by atoms with van der Waals surface area (Å²) in [6.07, 6.45) is -3.26. The molecule has 0 spiro atoms. The fourth-order valence-electron chi connectivity index (χ4n) is 3.41. The molecule has 1 amide bonds. The zero-order chi connectivity index (χ0) is 21.3. The van der Waals surface area contributed by atoms with Crippen LogP contribution < -0.4 is 15.4 Å². The van der Waals surface area contributed by atoms with E-state index in [1.165, 1.54) is 25.3 Å². The lowest BCUT2D eigenvalue weighted by Crippen LogP contribution is -2.37. The quantitative estimate of drug-likeness (QED) is 0.729. The smallest absolute Gasteiger partial charge is 0.466 e. The Kier molecular flexibility index (Phi) is 5.59. The normalized spacial score (nSPS) is 19.6. The molecule has 0 aromatic heterocycles. The second-order valence-corrected chi connectivity index (χ2v) is 6.96. The Bertz CT molecular complexity index is 901. The largest absolute Gasteiger partial charge is 0.573 e. The summed E-state index contributed by atoms with van der Waals surface area (Å²) >= 11 is 0. The maximum atomic E-state index is 13.0. The van der Waals surface area contributed by atoms with Crippen molar-refractivity contribution in [1.29, 1.82) is 0 Å². The first-order valence-corrected chi connectivity index (χ1v) is 9.04. The number of methoxy groups -OCH3 is 1. The Morgan fingerprint density at radius 3 is 2.31 bits per heavy atom. The van der Waals surface area contributed by atoms with Gasteiger partial charge in [0.15, 0.2) is 0 Å². The molecule has 1 aliphatic heterocycles. The molecule has 1 fully saturated rings. The minimum absolute atomic E-state index is 0.0266. The van der Waals surface area contributed by atoms with Gasteiger partial charge in [-0.05, 0) is 32.8 Å². The van der Waals surface area contributed by atoms with Gasteiger partial charge in [-0.3, -0.25) is 4.79 Å². The summed E-state index contributed by atoms with van der Waals surface area (Å²) in [6, 6.07) is 5.50. The highest BCUT2D eigenvalue weighted by Crippen LogP contribution is 2.43. The molecule has 156 valence electrons. The van der Waals surface area contributed by atoms with E-state index in [0.29, 0.717) is 11.4 Å². The monoisotopic (exact) mass is 410 g/mol. The van der Waals surface area contributed by atoms with Crippen molar-refractivity contribution in [3.05, 3.63) is 52.4 Å². The van der Waals surface area contributed by atoms with Crippen molar-refractivity contribution >= 4 is 11.9 Å². The lowest BCUT2D eigenvalue weighted by Gasteiger charge is -2.31. The number of esters is 1. The van der Waals surface area contributed by atoms with Gasteiger partial charge in [0.2, 0.25) is 5.91 Å². The highest BCUT2D eigenvalue weighted by atomic mass is 19.4. The second-order valence-electron chi connectivity index (χ2n) is 6.96. The summed E-state index contributed by atoms with van der Waals surface area (Å²) in [6.45, 7) is 3.24. The highest BCUT2D eigenvalue weighted by Gasteiger charge is 2.41. The summed E-state index contributed by atoms with van der Waals surface area (Å²) in [4.78, 5) is 25.5. The van der Waals surface area contributed by atoms with Gasteiger partial charge in [0.25, 0.3) is 0 Å². The summed E-state index contributed by atoms with van der Waals surface area (Å²) in [5.74, 6) is -2.75. The number of amides is 1. The van der Waals surface area contributed by atoms with Gasteiger partial charge in [-0.25, -0.2) is 4.79 Å². The van der Waals surface area contributed by atoms with Gasteiger partial charge in [-0.1, -0.05) is 18.2 Å². The van der Waals surface area contributed by atoms with Crippen LogP contribution in [0.5, 0.6) is 5.75 Å². The van der Waals surface area contributed by atoms with Crippen LogP contribution in [0.15, 0.2) is 46.8 Å². The number of rotatable bonds is 5. The highest BCUT2D eigenvalue weighted by molar-refractivity contribution is 6.02. The van der Waals surface area contributed by atoms with Crippen LogP contribution in [-0.4, -0.2) is 31.4 Å². The molecule has 1 aromatic rings. The predicted octanol–water partition coefficient (Wildman–Crippen LogP) is 3.27. The Morgan fingerprint density at radius 2 is 1.72 bits per heavy atom. The van der Waals surface area contributed by atoms with Crippen molar-refractivity contribution in [2.45, 2.75) is 45.0 Å². The number of carbonyl (C=O) groups excluding carboxylic acids is 2. The number of hydrogen-bond donors (Lipinski definition) is 2. The van der Waals surface area contributed by atoms with Crippen LogP contribution in [-0.2, 0) is 14.3 Å². The van der Waals surface area contributed by atoms with Gasteiger partial charge in [0.05, 0.1) is 18.6 Å². The molecule has 0 radical (unpaired) electrons. The minimum atomic E-state index is -4.93. The molecule has 1 saturated carbocycles. The maximum Gasteiger partial charge on any atom is 0.573 e. The number of nitrogens with one attached hydrogen (secondary N) is 2. The first kappa shape index (κ1) is 20.8. The van der Waals surface area contributed by atoms with Gasteiger partial charge in [-0.15, -0.1) is 13.2 Å². The average molecular weight is 410 g/mol. The second kappa shape index (κ2) is 7.81. The van der Waals surface area contributed by atoms with Gasteiger partial charge in [0, 0.05) is 28.6 Å². The first-order chi connectivity index (χ1) is 13.6. The van der Waals surface area contributed by atoms with E-state index in [0.717, 1.165) is 18.9 Å². The number of allylic oxidation sites excluding steroid dienone is 2. The Balaban J connectivity index is 2.16. The van der Waals surface area contributed by atoms with E-state index in [1.54, 1.807) is 13.8 Å². The summed E-state index contributed by atoms with van der Waals surface area (Å²) in [5.41, 5.74) is 1.09. The molecule has 6 nitrogen and oxygen atoms in total. The van der Waals surface area contributed by atoms with Crippen molar-refractivity contribution < 1.29 is 32.2 Å². The molecule has 2 aliphatic rings. The molecule has 1 unspecified atom stereocenters. The molecule has 1 atom stereocenters. The molecule has 1 aromatic carbocycles. The number of carbonyl (C=O) groups is 2. The minimum Gasteiger partial charge on any atom is -0.466 e. The zero-order valence-corrected chi connectivity index (χ0v) is 16.1. The molecule has 0 bridgehead atoms. The summed E-state index contributed by atoms with van der Waals surface area (Å²) in [5, 5.41) is 5.81. The molecule has 29 heavy (non-hydrogen) atoms. The third-order valence-corrected chi connectivity index (χ3v) is 4.78. The molecular weight excluding hydrogens is 389 g/mol. The predicted molar refractivity (Wildman–Crippen MR) is 97.6 cm³/mol. The maximum absolute atomic E-state index is 13.0. The van der Waals surface area contributed by atoms with Crippen LogP contribution in [0.2, 0.25) is 0 Å². The number of alkyl halides is 3. The third-order valence-electron chi connectivity index (χ3n) is 4.78. The van der Waals surface area contributed by atoms with Crippen molar-refractivity contribution in [2.24, 2.45) is 0 Å². The summed E-state index contributed by atoms with van der Waals surface area (Å²) in [7, 11) is 1.17. The standard InChI is InChI=1S/C20H21F3N2O4/c1-10-15(18(26)25-12-8-9-12)17(16(11(2)24-10)19(27)28-3)13-6-4-5-7-14(13)29-20(21,22)23/h4-7,12,17,24H,8-9H2,1-3H3,(H,25,26). The van der Waals surface area contributed by atoms with Crippen molar-refractivity contribution in [1.82, 2.24) is 10.6 Å². The van der Waals surface area contributed by atoms with E-state index in [-0.39, 0.29) is 22.8 Å². The van der Waals surface area contributed by atoms with E-state index < -0.39 is 29.9 Å². The number of dihydropyridines is 1. The molecule has 9 heteroatoms. The van der Waals surface area contributed by atoms with E-state index in [9.17, 15) is 22.8 Å². The third kappa shape index (κ3) is 4.55. The van der Waals surface area contributed by atoms with Gasteiger partial charge in [0.1, 0.15) is 5.75 Å². The van der Waals surface area contributed by atoms with Crippen molar-refractivity contribution in [3.63, 3.8) is 0 Å². The zero-order valence-electron chi connectivity index (χ0n) is 16.1. The fraction of sp³-hybridized carbons (Fsp3) is 0.400. The number of halogens is 3. The topological polar surface area (TPSA) is 76.7 Å². The number of hydrogen-bond acceptors (Lipinski definition) is 5. The first-order valence-electron chi connectivity index (χ1n) is 9.04. The molecule has 0 saturated heterocycles. The van der Waals surface area contributed by atoms with Crippen LogP contribution in [0, 0.1) is 0 Å². The number of para-hydroxylation sites is 1. The van der Waals surface area contributed by atoms with Crippen LogP contribution in [0.25, 0.3) is 0 Å². The Labute approximate surface area is 165 Å². The van der Waals surface area contributed by atoms with Crippen molar-refractivity contribution in [2.75, 3.05) is 7.11 Å². The van der Waals surface area contributed by atoms with Gasteiger partial charge in [-0.2, -0.15) is 0 Å². The lowest BCUT2D eigenvalue weighted by atomic mass is 9.79. The number of benzene rings is 1. The molecule has 3 rings (SSSR count). The number of ether oxygens (including phenoxy) is 2. The molecule has 1 heterocycles. The van der Waals surface area contributed by atoms with Gasteiger partial charge < -0.3 is 20.1 Å². The molecule has 1 aliphatic carbocycles. The summed E-state index contributed by atoms with van der Waals surface area (Å²) < 4.78 is 48.0. The van der Waals surface area contributed by atoms with E-state index in [4.69, 9.17) is 4.74 Å². The van der Waals surface area contributed by atoms with Gasteiger partial charge >= 0.3 is 12.3 Å². The van der Waals surface area contributed by atoms with E-state index >= 15 is 0 Å². The van der Waals surface area contributed by atoms with Crippen molar-refractivity contribution in [3.8, 4) is 5.75 Å².